The maximum Gasteiger partial charge on any atom is 0.300 e. The first-order valence-electron chi connectivity index (χ1n) is 1.00. The Hall–Kier alpha value is -0.640. The van der Waals surface area contributed by atoms with E-state index in [2.05, 4.69) is 6.08 Å². The lowest BCUT2D eigenvalue weighted by atomic mass is 10.8. The molecule has 1 N–H and O–H groups in total. The molecule has 0 aromatic rings. The molecule has 0 rings (SSSR count). The summed E-state index contributed by atoms with van der Waals surface area (Å²) in [5, 5.41) is 6.09. The van der Waals surface area contributed by atoms with Crippen molar-refractivity contribution < 1.29 is 0 Å². The smallest absolute Gasteiger partial charge is 0.210 e. The fraction of sp³-hybridized carbons (Fsp3) is 0.333. The molecule has 0 saturated heterocycles. The normalized spacial score (nSPS) is 3.25. The molecule has 0 aliphatic heterocycles. The second-order valence-corrected chi connectivity index (χ2v) is 0.375. The molecule has 0 aromatic carbocycles. The Morgan fingerprint density at radius 2 is 2.25 bits per heavy atom. The predicted molar refractivity (Wildman–Crippen MR) is 16.6 cm³/mol. The minimum absolute atomic E-state index is 1.63. The first-order valence-corrected chi connectivity index (χ1v) is 1.00. The summed E-state index contributed by atoms with van der Waals surface area (Å²) in [5.41, 5.74) is 0. The molecular formula is C3H4N+. The van der Waals surface area contributed by atoms with Crippen LogP contribution in [0.4, 0.5) is 0 Å². The second kappa shape index (κ2) is 2.36. The highest BCUT2D eigenvalue weighted by molar-refractivity contribution is 5.42. The van der Waals surface area contributed by atoms with Crippen LogP contribution in [0.15, 0.2) is 0 Å². The summed E-state index contributed by atoms with van der Waals surface area (Å²) < 4.78 is 0. The highest BCUT2D eigenvalue weighted by atomic mass is 14.3. The van der Waals surface area contributed by atoms with Crippen LogP contribution in [-0.4, -0.2) is 5.87 Å². The molecule has 0 atom stereocenters. The highest BCUT2D eigenvalue weighted by Crippen LogP contribution is 1.34. The number of hydrogen-bond donors (Lipinski definition) is 1. The van der Waals surface area contributed by atoms with Crippen LogP contribution >= 0.6 is 0 Å². The van der Waals surface area contributed by atoms with Gasteiger partial charge >= 0.3 is 0 Å². The average Bonchev–Trinajstić information content (AvgIpc) is 1.37. The minimum atomic E-state index is 1.63. The Morgan fingerprint density at radius 1 is 2.00 bits per heavy atom. The Morgan fingerprint density at radius 3 is 2.25 bits per heavy atom. The molecule has 0 unspecified atom stereocenters. The van der Waals surface area contributed by atoms with Crippen LogP contribution in [0.25, 0.3) is 0 Å². The Bertz CT molecular complexity index is 41.2. The first kappa shape index (κ1) is 3.36. The molecule has 0 amide bonds. The lowest BCUT2D eigenvalue weighted by Crippen LogP contribution is -1.32. The minimum Gasteiger partial charge on any atom is -0.210 e. The fourth-order valence-corrected chi connectivity index (χ4v) is 0. The third kappa shape index (κ3) is 1.36. The van der Waals surface area contributed by atoms with Gasteiger partial charge in [-0.3, -0.25) is 0 Å². The van der Waals surface area contributed by atoms with E-state index in [9.17, 15) is 0 Å². The lowest BCUT2D eigenvalue weighted by molar-refractivity contribution is 1.57. The van der Waals surface area contributed by atoms with Gasteiger partial charge in [0, 0.05) is 0 Å². The zero-order valence-corrected chi connectivity index (χ0v) is 2.50. The van der Waals surface area contributed by atoms with E-state index in [0.29, 0.717) is 0 Å². The molecule has 0 aliphatic rings. The molecule has 0 aliphatic carbocycles. The van der Waals surface area contributed by atoms with Gasteiger partial charge in [0.05, 0.1) is 0 Å². The van der Waals surface area contributed by atoms with Crippen molar-refractivity contribution in [1.29, 1.82) is 5.41 Å². The Labute approximate surface area is 25.5 Å². The van der Waals surface area contributed by atoms with Gasteiger partial charge in [-0.25, -0.2) is 5.41 Å². The summed E-state index contributed by atoms with van der Waals surface area (Å²) in [6.07, 6.45) is 2.35. The molecular weight excluding hydrogens is 50.0 g/mol. The summed E-state index contributed by atoms with van der Waals surface area (Å²) in [5.74, 6) is 1.93. The molecule has 4 heavy (non-hydrogen) atoms. The van der Waals surface area contributed by atoms with E-state index in [-0.39, 0.29) is 0 Å². The van der Waals surface area contributed by atoms with Crippen molar-refractivity contribution in [2.45, 2.75) is 6.92 Å². The molecule has 0 aromatic heterocycles. The Kier molecular flexibility index (Phi) is 1.98. The van der Waals surface area contributed by atoms with Crippen molar-refractivity contribution in [3.63, 3.8) is 0 Å². The standard InChI is InChI=1S/C3H4N/c1-2-3-4/h4H,1H3/q+1. The van der Waals surface area contributed by atoms with E-state index in [4.69, 9.17) is 5.41 Å². The zero-order valence-electron chi connectivity index (χ0n) is 2.50. The maximum atomic E-state index is 6.09. The SMILES string of the molecule is C[C+]=C=N. The van der Waals surface area contributed by atoms with Crippen molar-refractivity contribution in [3.8, 4) is 0 Å². The molecule has 0 radical (unpaired) electrons. The Balaban J connectivity index is 3.11. The third-order valence-electron chi connectivity index (χ3n) is 0.125. The maximum absolute atomic E-state index is 6.09. The van der Waals surface area contributed by atoms with Crippen LogP contribution in [0.1, 0.15) is 6.92 Å². The first-order chi connectivity index (χ1) is 1.91. The van der Waals surface area contributed by atoms with Crippen LogP contribution in [-0.2, 0) is 0 Å². The van der Waals surface area contributed by atoms with E-state index in [0.717, 1.165) is 0 Å². The quantitative estimate of drug-likeness (QED) is 0.309. The van der Waals surface area contributed by atoms with E-state index in [1.807, 2.05) is 5.87 Å². The second-order valence-electron chi connectivity index (χ2n) is 0.375. The highest BCUT2D eigenvalue weighted by Gasteiger charge is 1.54. The van der Waals surface area contributed by atoms with E-state index in [1.165, 1.54) is 0 Å². The molecule has 0 heterocycles. The number of allylic oxidation sites excluding steroid dienone is 1. The van der Waals surface area contributed by atoms with Gasteiger partial charge in [0.2, 0.25) is 0 Å². The van der Waals surface area contributed by atoms with Crippen LogP contribution in [0.5, 0.6) is 0 Å². The lowest BCUT2D eigenvalue weighted by Gasteiger charge is -1.10. The van der Waals surface area contributed by atoms with E-state index in [1.54, 1.807) is 6.92 Å². The van der Waals surface area contributed by atoms with Gasteiger partial charge in [-0.2, -0.15) is 0 Å². The van der Waals surface area contributed by atoms with Crippen LogP contribution < -0.4 is 0 Å². The summed E-state index contributed by atoms with van der Waals surface area (Å²) in [4.78, 5) is 0. The molecule has 0 bridgehead atoms. The predicted octanol–water partition coefficient (Wildman–Crippen LogP) is 0.614. The van der Waals surface area contributed by atoms with Gasteiger partial charge in [-0.1, -0.05) is 0 Å². The number of rotatable bonds is 0. The van der Waals surface area contributed by atoms with Crippen molar-refractivity contribution in [3.05, 3.63) is 6.08 Å². The van der Waals surface area contributed by atoms with Gasteiger partial charge in [0.1, 0.15) is 0 Å². The van der Waals surface area contributed by atoms with Gasteiger partial charge < -0.3 is 0 Å². The van der Waals surface area contributed by atoms with Crippen molar-refractivity contribution >= 4 is 5.87 Å². The number of nitrogens with one attached hydrogen (secondary N) is 1. The van der Waals surface area contributed by atoms with Gasteiger partial charge in [0.15, 0.2) is 6.92 Å². The van der Waals surface area contributed by atoms with Gasteiger partial charge in [-0.15, -0.1) is 0 Å². The largest absolute Gasteiger partial charge is 0.300 e. The van der Waals surface area contributed by atoms with E-state index < -0.39 is 0 Å². The summed E-state index contributed by atoms with van der Waals surface area (Å²) in [7, 11) is 0. The molecule has 0 fully saturated rings. The molecule has 0 spiro atoms. The van der Waals surface area contributed by atoms with Gasteiger partial charge in [-0.05, 0) is 0 Å². The zero-order chi connectivity index (χ0) is 3.41. The molecule has 1 heteroatoms. The number of hydrogen-bond acceptors (Lipinski definition) is 1. The molecule has 0 saturated carbocycles. The molecule has 20 valence electrons. The monoisotopic (exact) mass is 54.0 g/mol. The van der Waals surface area contributed by atoms with Crippen molar-refractivity contribution in [1.82, 2.24) is 0 Å². The van der Waals surface area contributed by atoms with Crippen molar-refractivity contribution in [2.75, 3.05) is 0 Å². The summed E-state index contributed by atoms with van der Waals surface area (Å²) >= 11 is 0. The van der Waals surface area contributed by atoms with Crippen LogP contribution in [0.3, 0.4) is 0 Å². The van der Waals surface area contributed by atoms with Gasteiger partial charge in [0.25, 0.3) is 11.9 Å². The average molecular weight is 54.1 g/mol. The fourth-order valence-electron chi connectivity index (χ4n) is 0. The van der Waals surface area contributed by atoms with Crippen molar-refractivity contribution in [2.24, 2.45) is 0 Å². The summed E-state index contributed by atoms with van der Waals surface area (Å²) in [6, 6.07) is 0. The summed E-state index contributed by atoms with van der Waals surface area (Å²) in [6.45, 7) is 1.63. The third-order valence-corrected chi connectivity index (χ3v) is 0.125. The molecule has 1 nitrogen and oxygen atoms in total. The van der Waals surface area contributed by atoms with Crippen LogP contribution in [0, 0.1) is 11.5 Å². The van der Waals surface area contributed by atoms with Crippen LogP contribution in [0.2, 0.25) is 0 Å². The topological polar surface area (TPSA) is 23.9 Å². The van der Waals surface area contributed by atoms with E-state index >= 15 is 0 Å².